The topological polar surface area (TPSA) is 17.8 Å². The predicted molar refractivity (Wildman–Crippen MR) is 62.1 cm³/mol. The van der Waals surface area contributed by atoms with Crippen molar-refractivity contribution in [3.05, 3.63) is 48.3 Å². The van der Waals surface area contributed by atoms with Crippen molar-refractivity contribution in [2.24, 2.45) is 5.92 Å². The largest absolute Gasteiger partial charge is 0.238 e. The minimum absolute atomic E-state index is 0.657. The number of aromatic nitrogens is 2. The summed E-state index contributed by atoms with van der Waals surface area (Å²) in [6.45, 7) is 4.45. The van der Waals surface area contributed by atoms with Gasteiger partial charge in [0.25, 0.3) is 0 Å². The molecule has 0 aliphatic rings. The first-order valence-corrected chi connectivity index (χ1v) is 5.35. The van der Waals surface area contributed by atoms with Crippen molar-refractivity contribution in [2.75, 3.05) is 0 Å². The molecule has 2 heteroatoms. The van der Waals surface area contributed by atoms with E-state index in [0.717, 1.165) is 12.1 Å². The molecule has 0 radical (unpaired) electrons. The maximum Gasteiger partial charge on any atom is 0.0648 e. The average Bonchev–Trinajstić information content (AvgIpc) is 2.66. The van der Waals surface area contributed by atoms with Crippen LogP contribution in [0.5, 0.6) is 0 Å². The van der Waals surface area contributed by atoms with Crippen LogP contribution in [0.1, 0.15) is 19.5 Å². The van der Waals surface area contributed by atoms with Crippen molar-refractivity contribution >= 4 is 0 Å². The third kappa shape index (κ3) is 2.27. The van der Waals surface area contributed by atoms with Gasteiger partial charge in [-0.05, 0) is 30.5 Å². The summed E-state index contributed by atoms with van der Waals surface area (Å²) in [6.07, 6.45) is 2.93. The number of benzene rings is 1. The van der Waals surface area contributed by atoms with Crippen LogP contribution in [0.3, 0.4) is 0 Å². The van der Waals surface area contributed by atoms with E-state index in [1.165, 1.54) is 5.69 Å². The zero-order valence-corrected chi connectivity index (χ0v) is 9.22. The fourth-order valence-electron chi connectivity index (χ4n) is 1.71. The first kappa shape index (κ1) is 9.97. The van der Waals surface area contributed by atoms with E-state index in [1.807, 2.05) is 29.1 Å². The molecule has 0 atom stereocenters. The first-order chi connectivity index (χ1) is 7.27. The smallest absolute Gasteiger partial charge is 0.0648 e. The van der Waals surface area contributed by atoms with Crippen LogP contribution in [0.15, 0.2) is 42.6 Å². The Morgan fingerprint density at radius 2 is 1.87 bits per heavy atom. The molecule has 0 bridgehead atoms. The monoisotopic (exact) mass is 200 g/mol. The zero-order valence-electron chi connectivity index (χ0n) is 9.22. The van der Waals surface area contributed by atoms with Gasteiger partial charge in [-0.25, -0.2) is 4.68 Å². The molecule has 0 unspecified atom stereocenters. The van der Waals surface area contributed by atoms with Gasteiger partial charge in [-0.3, -0.25) is 0 Å². The first-order valence-electron chi connectivity index (χ1n) is 5.35. The molecule has 0 fully saturated rings. The minimum atomic E-state index is 0.657. The maximum absolute atomic E-state index is 4.36. The van der Waals surface area contributed by atoms with Crippen LogP contribution in [0.25, 0.3) is 5.69 Å². The second kappa shape index (κ2) is 4.30. The third-order valence-electron chi connectivity index (χ3n) is 2.34. The lowest BCUT2D eigenvalue weighted by Crippen LogP contribution is -2.04. The van der Waals surface area contributed by atoms with Gasteiger partial charge in [-0.1, -0.05) is 32.0 Å². The van der Waals surface area contributed by atoms with E-state index < -0.39 is 0 Å². The van der Waals surface area contributed by atoms with Gasteiger partial charge in [-0.2, -0.15) is 5.10 Å². The minimum Gasteiger partial charge on any atom is -0.238 e. The second-order valence-electron chi connectivity index (χ2n) is 4.17. The molecule has 0 spiro atoms. The highest BCUT2D eigenvalue weighted by atomic mass is 15.3. The number of nitrogens with zero attached hydrogens (tertiary/aromatic N) is 2. The van der Waals surface area contributed by atoms with Gasteiger partial charge in [0.05, 0.1) is 5.69 Å². The van der Waals surface area contributed by atoms with Crippen LogP contribution in [0.4, 0.5) is 0 Å². The van der Waals surface area contributed by atoms with Crippen molar-refractivity contribution in [3.8, 4) is 5.69 Å². The highest BCUT2D eigenvalue weighted by molar-refractivity contribution is 5.32. The summed E-state index contributed by atoms with van der Waals surface area (Å²) >= 11 is 0. The van der Waals surface area contributed by atoms with Crippen LogP contribution in [0, 0.1) is 5.92 Å². The molecule has 1 aromatic heterocycles. The standard InChI is InChI=1S/C13H16N2/c1-11(2)10-13-8-9-14-15(13)12-6-4-3-5-7-12/h3-9,11H,10H2,1-2H3. The van der Waals surface area contributed by atoms with Gasteiger partial charge in [0.2, 0.25) is 0 Å². The van der Waals surface area contributed by atoms with E-state index in [2.05, 4.69) is 37.1 Å². The summed E-state index contributed by atoms with van der Waals surface area (Å²) in [6, 6.07) is 12.3. The summed E-state index contributed by atoms with van der Waals surface area (Å²) in [7, 11) is 0. The van der Waals surface area contributed by atoms with E-state index in [4.69, 9.17) is 0 Å². The molecule has 0 aliphatic heterocycles. The molecule has 1 aromatic carbocycles. The Bertz CT molecular complexity index is 415. The number of hydrogen-bond donors (Lipinski definition) is 0. The fraction of sp³-hybridized carbons (Fsp3) is 0.308. The molecular weight excluding hydrogens is 184 g/mol. The van der Waals surface area contributed by atoms with E-state index in [9.17, 15) is 0 Å². The Labute approximate surface area is 90.6 Å². The molecule has 2 nitrogen and oxygen atoms in total. The Hall–Kier alpha value is -1.57. The van der Waals surface area contributed by atoms with Crippen LogP contribution < -0.4 is 0 Å². The Morgan fingerprint density at radius 3 is 2.53 bits per heavy atom. The number of para-hydroxylation sites is 1. The van der Waals surface area contributed by atoms with Crippen LogP contribution in [0.2, 0.25) is 0 Å². The molecule has 0 N–H and O–H groups in total. The average molecular weight is 200 g/mol. The SMILES string of the molecule is CC(C)Cc1ccnn1-c1ccccc1. The summed E-state index contributed by atoms with van der Waals surface area (Å²) in [5.74, 6) is 0.657. The van der Waals surface area contributed by atoms with Crippen LogP contribution in [-0.4, -0.2) is 9.78 Å². The molecule has 0 saturated heterocycles. The summed E-state index contributed by atoms with van der Waals surface area (Å²) in [5, 5.41) is 4.36. The molecule has 0 saturated carbocycles. The Balaban J connectivity index is 2.33. The van der Waals surface area contributed by atoms with Gasteiger partial charge >= 0.3 is 0 Å². The number of rotatable bonds is 3. The molecule has 0 amide bonds. The quantitative estimate of drug-likeness (QED) is 0.744. The highest BCUT2D eigenvalue weighted by Gasteiger charge is 2.05. The molecule has 2 aromatic rings. The molecule has 78 valence electrons. The predicted octanol–water partition coefficient (Wildman–Crippen LogP) is 3.07. The van der Waals surface area contributed by atoms with Gasteiger partial charge in [0.15, 0.2) is 0 Å². The van der Waals surface area contributed by atoms with E-state index >= 15 is 0 Å². The van der Waals surface area contributed by atoms with Crippen molar-refractivity contribution in [3.63, 3.8) is 0 Å². The number of hydrogen-bond acceptors (Lipinski definition) is 1. The van der Waals surface area contributed by atoms with Gasteiger partial charge < -0.3 is 0 Å². The van der Waals surface area contributed by atoms with Crippen LogP contribution in [-0.2, 0) is 6.42 Å². The summed E-state index contributed by atoms with van der Waals surface area (Å²) in [5.41, 5.74) is 2.41. The highest BCUT2D eigenvalue weighted by Crippen LogP contribution is 2.13. The fourth-order valence-corrected chi connectivity index (χ4v) is 1.71. The molecule has 1 heterocycles. The molecule has 2 rings (SSSR count). The summed E-state index contributed by atoms with van der Waals surface area (Å²) < 4.78 is 2.01. The van der Waals surface area contributed by atoms with Crippen molar-refractivity contribution in [2.45, 2.75) is 20.3 Å². The Morgan fingerprint density at radius 1 is 1.13 bits per heavy atom. The maximum atomic E-state index is 4.36. The molecule has 15 heavy (non-hydrogen) atoms. The van der Waals surface area contributed by atoms with Gasteiger partial charge in [0, 0.05) is 11.9 Å². The van der Waals surface area contributed by atoms with E-state index in [1.54, 1.807) is 0 Å². The van der Waals surface area contributed by atoms with Gasteiger partial charge in [-0.15, -0.1) is 0 Å². The lowest BCUT2D eigenvalue weighted by atomic mass is 10.1. The van der Waals surface area contributed by atoms with Gasteiger partial charge in [0.1, 0.15) is 0 Å². The lowest BCUT2D eigenvalue weighted by Gasteiger charge is -2.08. The zero-order chi connectivity index (χ0) is 10.7. The van der Waals surface area contributed by atoms with E-state index in [-0.39, 0.29) is 0 Å². The molecule has 0 aliphatic carbocycles. The molecular formula is C13H16N2. The van der Waals surface area contributed by atoms with Crippen molar-refractivity contribution < 1.29 is 0 Å². The second-order valence-corrected chi connectivity index (χ2v) is 4.17. The third-order valence-corrected chi connectivity index (χ3v) is 2.34. The Kier molecular flexibility index (Phi) is 2.86. The van der Waals surface area contributed by atoms with E-state index in [0.29, 0.717) is 5.92 Å². The van der Waals surface area contributed by atoms with Crippen molar-refractivity contribution in [1.82, 2.24) is 9.78 Å². The van der Waals surface area contributed by atoms with Crippen LogP contribution >= 0.6 is 0 Å². The van der Waals surface area contributed by atoms with Crippen molar-refractivity contribution in [1.29, 1.82) is 0 Å². The normalized spacial score (nSPS) is 10.9. The summed E-state index contributed by atoms with van der Waals surface area (Å²) in [4.78, 5) is 0. The lowest BCUT2D eigenvalue weighted by molar-refractivity contribution is 0.616.